The number of aromatic hydroxyl groups is 1. The van der Waals surface area contributed by atoms with Crippen LogP contribution in [0.5, 0.6) is 23.0 Å². The fourth-order valence-corrected chi connectivity index (χ4v) is 4.58. The molecular weight excluding hydrogens is 454 g/mol. The maximum Gasteiger partial charge on any atom is 0.410 e. The number of aryl methyl sites for hydroxylation is 1. The number of hydrogen-bond acceptors (Lipinski definition) is 6. The number of phenols is 1. The van der Waals surface area contributed by atoms with Crippen molar-refractivity contribution in [1.29, 1.82) is 0 Å². The van der Waals surface area contributed by atoms with E-state index in [2.05, 4.69) is 15.9 Å². The van der Waals surface area contributed by atoms with Gasteiger partial charge in [0.1, 0.15) is 0 Å². The first-order valence-corrected chi connectivity index (χ1v) is 10.7. The average molecular weight is 478 g/mol. The molecule has 0 aliphatic carbocycles. The van der Waals surface area contributed by atoms with E-state index in [-0.39, 0.29) is 24.7 Å². The number of carbonyl (C=O) groups is 1. The van der Waals surface area contributed by atoms with Crippen molar-refractivity contribution in [3.05, 3.63) is 45.4 Å². The van der Waals surface area contributed by atoms with E-state index in [1.807, 2.05) is 18.2 Å². The standard InChI is InChI=1S/C22H24BrNO6/c1-3-28-22(26)24-7-6-13-8-19(27-2)18(25)10-15(13)17(24)5-4-14-9-20-21(11-16(14)23)30-12-29-20/h8-11,17,25H,3-7,12H2,1-2H3. The van der Waals surface area contributed by atoms with Crippen LogP contribution in [-0.4, -0.2) is 43.2 Å². The van der Waals surface area contributed by atoms with Gasteiger partial charge in [0.05, 0.1) is 19.8 Å². The fourth-order valence-electron chi connectivity index (χ4n) is 4.06. The molecule has 30 heavy (non-hydrogen) atoms. The van der Waals surface area contributed by atoms with Crippen molar-refractivity contribution >= 4 is 22.0 Å². The van der Waals surface area contributed by atoms with Crippen molar-refractivity contribution in [3.63, 3.8) is 0 Å². The van der Waals surface area contributed by atoms with Gasteiger partial charge in [-0.1, -0.05) is 15.9 Å². The zero-order chi connectivity index (χ0) is 21.3. The molecular formula is C22H24BrNO6. The Kier molecular flexibility index (Phi) is 5.94. The normalized spacial score (nSPS) is 16.9. The van der Waals surface area contributed by atoms with Gasteiger partial charge < -0.3 is 29.0 Å². The quantitative estimate of drug-likeness (QED) is 0.678. The highest BCUT2D eigenvalue weighted by molar-refractivity contribution is 9.10. The number of phenolic OH excluding ortho intramolecular Hbond substituents is 1. The summed E-state index contributed by atoms with van der Waals surface area (Å²) in [6.45, 7) is 2.88. The minimum absolute atomic E-state index is 0.0659. The van der Waals surface area contributed by atoms with E-state index in [1.54, 1.807) is 17.9 Å². The number of halogens is 1. The van der Waals surface area contributed by atoms with Crippen LogP contribution >= 0.6 is 15.9 Å². The summed E-state index contributed by atoms with van der Waals surface area (Å²) >= 11 is 3.61. The summed E-state index contributed by atoms with van der Waals surface area (Å²) < 4.78 is 22.4. The average Bonchev–Trinajstić information content (AvgIpc) is 3.18. The molecule has 2 aromatic rings. The molecule has 160 valence electrons. The number of benzene rings is 2. The van der Waals surface area contributed by atoms with Gasteiger partial charge in [0, 0.05) is 11.0 Å². The lowest BCUT2D eigenvalue weighted by Gasteiger charge is -2.37. The number of nitrogens with zero attached hydrogens (tertiary/aromatic N) is 1. The van der Waals surface area contributed by atoms with Crippen LogP contribution < -0.4 is 14.2 Å². The van der Waals surface area contributed by atoms with Crippen LogP contribution in [0.4, 0.5) is 4.79 Å². The van der Waals surface area contributed by atoms with Crippen molar-refractivity contribution in [2.75, 3.05) is 27.1 Å². The largest absolute Gasteiger partial charge is 0.504 e. The molecule has 0 bridgehead atoms. The maximum atomic E-state index is 12.6. The van der Waals surface area contributed by atoms with Crippen LogP contribution in [-0.2, 0) is 17.6 Å². The Morgan fingerprint density at radius 3 is 2.77 bits per heavy atom. The number of ether oxygens (including phenoxy) is 4. The molecule has 1 unspecified atom stereocenters. The van der Waals surface area contributed by atoms with Crippen molar-refractivity contribution in [3.8, 4) is 23.0 Å². The molecule has 0 radical (unpaired) electrons. The lowest BCUT2D eigenvalue weighted by Crippen LogP contribution is -2.40. The van der Waals surface area contributed by atoms with E-state index in [0.29, 0.717) is 38.2 Å². The van der Waals surface area contributed by atoms with Crippen molar-refractivity contribution in [1.82, 2.24) is 4.90 Å². The van der Waals surface area contributed by atoms with Gasteiger partial charge in [0.2, 0.25) is 6.79 Å². The molecule has 0 fully saturated rings. The number of hydrogen-bond donors (Lipinski definition) is 1. The summed E-state index contributed by atoms with van der Waals surface area (Å²) in [4.78, 5) is 14.4. The van der Waals surface area contributed by atoms with Gasteiger partial charge in [0.15, 0.2) is 23.0 Å². The van der Waals surface area contributed by atoms with Crippen LogP contribution in [0, 0.1) is 0 Å². The summed E-state index contributed by atoms with van der Waals surface area (Å²) in [5, 5.41) is 10.4. The number of carbonyl (C=O) groups excluding carboxylic acids is 1. The molecule has 8 heteroatoms. The van der Waals surface area contributed by atoms with Crippen molar-refractivity contribution in [2.24, 2.45) is 0 Å². The molecule has 4 rings (SSSR count). The van der Waals surface area contributed by atoms with Gasteiger partial charge in [0.25, 0.3) is 0 Å². The Hall–Kier alpha value is -2.61. The highest BCUT2D eigenvalue weighted by Crippen LogP contribution is 2.41. The third-order valence-electron chi connectivity index (χ3n) is 5.53. The fraction of sp³-hybridized carbons (Fsp3) is 0.409. The molecule has 2 heterocycles. The predicted molar refractivity (Wildman–Crippen MR) is 113 cm³/mol. The lowest BCUT2D eigenvalue weighted by molar-refractivity contribution is 0.0843. The molecule has 1 N–H and O–H groups in total. The van der Waals surface area contributed by atoms with Crippen LogP contribution in [0.3, 0.4) is 0 Å². The van der Waals surface area contributed by atoms with E-state index in [9.17, 15) is 9.90 Å². The van der Waals surface area contributed by atoms with E-state index >= 15 is 0 Å². The van der Waals surface area contributed by atoms with E-state index in [0.717, 1.165) is 32.7 Å². The first-order chi connectivity index (χ1) is 14.5. The highest BCUT2D eigenvalue weighted by Gasteiger charge is 2.33. The maximum absolute atomic E-state index is 12.6. The van der Waals surface area contributed by atoms with E-state index < -0.39 is 0 Å². The van der Waals surface area contributed by atoms with Gasteiger partial charge >= 0.3 is 6.09 Å². The van der Waals surface area contributed by atoms with Crippen LogP contribution in [0.1, 0.15) is 36.1 Å². The van der Waals surface area contributed by atoms with Crippen molar-refractivity contribution < 1.29 is 28.8 Å². The second kappa shape index (κ2) is 8.63. The molecule has 2 aliphatic rings. The summed E-state index contributed by atoms with van der Waals surface area (Å²) in [7, 11) is 1.53. The van der Waals surface area contributed by atoms with Crippen LogP contribution in [0.2, 0.25) is 0 Å². The molecule has 1 amide bonds. The molecule has 0 saturated carbocycles. The highest BCUT2D eigenvalue weighted by atomic mass is 79.9. The molecule has 2 aliphatic heterocycles. The zero-order valence-electron chi connectivity index (χ0n) is 16.9. The molecule has 7 nitrogen and oxygen atoms in total. The Labute approximate surface area is 183 Å². The Morgan fingerprint density at radius 1 is 1.27 bits per heavy atom. The first kappa shape index (κ1) is 20.7. The Balaban J connectivity index is 1.64. The number of rotatable bonds is 5. The molecule has 0 spiro atoms. The summed E-state index contributed by atoms with van der Waals surface area (Å²) in [6.07, 6.45) is 1.70. The Bertz CT molecular complexity index is 963. The van der Waals surface area contributed by atoms with Crippen LogP contribution in [0.15, 0.2) is 28.7 Å². The monoisotopic (exact) mass is 477 g/mol. The third-order valence-corrected chi connectivity index (χ3v) is 6.27. The minimum atomic E-state index is -0.340. The summed E-state index contributed by atoms with van der Waals surface area (Å²) in [5.41, 5.74) is 3.05. The smallest absolute Gasteiger partial charge is 0.410 e. The summed E-state index contributed by atoms with van der Waals surface area (Å²) in [6, 6.07) is 7.22. The SMILES string of the molecule is CCOC(=O)N1CCc2cc(OC)c(O)cc2C1CCc1cc2c(cc1Br)OCO2. The van der Waals surface area contributed by atoms with Crippen LogP contribution in [0.25, 0.3) is 0 Å². The number of amides is 1. The van der Waals surface area contributed by atoms with Gasteiger partial charge in [-0.15, -0.1) is 0 Å². The summed E-state index contributed by atoms with van der Waals surface area (Å²) in [5.74, 6) is 1.95. The van der Waals surface area contributed by atoms with Gasteiger partial charge in [-0.2, -0.15) is 0 Å². The molecule has 2 aromatic carbocycles. The number of methoxy groups -OCH3 is 1. The number of fused-ring (bicyclic) bond motifs is 2. The zero-order valence-corrected chi connectivity index (χ0v) is 18.5. The molecule has 1 atom stereocenters. The molecule has 0 aromatic heterocycles. The van der Waals surface area contributed by atoms with Crippen molar-refractivity contribution in [2.45, 2.75) is 32.2 Å². The second-order valence-electron chi connectivity index (χ2n) is 7.22. The predicted octanol–water partition coefficient (Wildman–Crippen LogP) is 4.58. The van der Waals surface area contributed by atoms with E-state index in [4.69, 9.17) is 18.9 Å². The first-order valence-electron chi connectivity index (χ1n) is 9.93. The third kappa shape index (κ3) is 3.88. The lowest BCUT2D eigenvalue weighted by atomic mass is 9.88. The van der Waals surface area contributed by atoms with Gasteiger partial charge in [-0.05, 0) is 67.1 Å². The Morgan fingerprint density at radius 2 is 2.03 bits per heavy atom. The molecule has 0 saturated heterocycles. The van der Waals surface area contributed by atoms with E-state index in [1.165, 1.54) is 7.11 Å². The van der Waals surface area contributed by atoms with Gasteiger partial charge in [-0.3, -0.25) is 0 Å². The second-order valence-corrected chi connectivity index (χ2v) is 8.07. The van der Waals surface area contributed by atoms with Gasteiger partial charge in [-0.25, -0.2) is 4.79 Å². The minimum Gasteiger partial charge on any atom is -0.504 e. The topological polar surface area (TPSA) is 77.5 Å².